The molecule has 0 aliphatic carbocycles. The second-order valence-electron chi connectivity index (χ2n) is 5.31. The molecular weight excluding hydrogens is 272 g/mol. The highest BCUT2D eigenvalue weighted by atomic mass is 35.5. The van der Waals surface area contributed by atoms with Crippen molar-refractivity contribution in [3.63, 3.8) is 0 Å². The summed E-state index contributed by atoms with van der Waals surface area (Å²) in [6, 6.07) is 8.71. The van der Waals surface area contributed by atoms with E-state index in [0.717, 1.165) is 25.2 Å². The quantitative estimate of drug-likeness (QED) is 0.904. The van der Waals surface area contributed by atoms with Gasteiger partial charge < -0.3 is 10.2 Å². The van der Waals surface area contributed by atoms with Gasteiger partial charge in [-0.3, -0.25) is 4.79 Å². The van der Waals surface area contributed by atoms with Crippen LogP contribution in [0.1, 0.15) is 38.2 Å². The number of hydrogen-bond donors (Lipinski definition) is 1. The number of carbonyl (C=O) groups excluding carboxylic acids is 1. The number of carbonyl (C=O) groups is 1. The van der Waals surface area contributed by atoms with E-state index in [2.05, 4.69) is 24.4 Å². The first-order chi connectivity index (χ1) is 9.20. The van der Waals surface area contributed by atoms with Crippen LogP contribution < -0.4 is 10.2 Å². The van der Waals surface area contributed by atoms with Gasteiger partial charge in [0.25, 0.3) is 0 Å². The van der Waals surface area contributed by atoms with Gasteiger partial charge in [-0.2, -0.15) is 0 Å². The van der Waals surface area contributed by atoms with Gasteiger partial charge >= 0.3 is 0 Å². The lowest BCUT2D eigenvalue weighted by Gasteiger charge is -2.22. The topological polar surface area (TPSA) is 32.3 Å². The highest BCUT2D eigenvalue weighted by Crippen LogP contribution is 2.18. The SMILES string of the molecule is CCN(C(=O)CCC1CCCN1)c1cccc(C)c1.Cl. The molecule has 3 nitrogen and oxygen atoms in total. The maximum atomic E-state index is 12.3. The van der Waals surface area contributed by atoms with Crippen LogP contribution in [-0.4, -0.2) is 25.0 Å². The van der Waals surface area contributed by atoms with Crippen molar-refractivity contribution < 1.29 is 4.79 Å². The van der Waals surface area contributed by atoms with Gasteiger partial charge in [-0.25, -0.2) is 0 Å². The number of rotatable bonds is 5. The highest BCUT2D eigenvalue weighted by molar-refractivity contribution is 5.93. The Labute approximate surface area is 128 Å². The molecule has 112 valence electrons. The lowest BCUT2D eigenvalue weighted by molar-refractivity contribution is -0.118. The second-order valence-corrected chi connectivity index (χ2v) is 5.31. The Morgan fingerprint density at radius 3 is 2.85 bits per heavy atom. The number of benzene rings is 1. The van der Waals surface area contributed by atoms with Crippen molar-refractivity contribution in [2.24, 2.45) is 0 Å². The average Bonchev–Trinajstić information content (AvgIpc) is 2.90. The minimum absolute atomic E-state index is 0. The van der Waals surface area contributed by atoms with Crippen molar-refractivity contribution in [2.75, 3.05) is 18.0 Å². The van der Waals surface area contributed by atoms with Crippen molar-refractivity contribution in [1.82, 2.24) is 5.32 Å². The maximum Gasteiger partial charge on any atom is 0.227 e. The van der Waals surface area contributed by atoms with E-state index in [9.17, 15) is 4.79 Å². The zero-order chi connectivity index (χ0) is 13.7. The van der Waals surface area contributed by atoms with E-state index in [0.29, 0.717) is 12.5 Å². The molecule has 1 amide bonds. The van der Waals surface area contributed by atoms with Crippen LogP contribution in [0, 0.1) is 6.92 Å². The van der Waals surface area contributed by atoms with Crippen molar-refractivity contribution in [2.45, 2.75) is 45.6 Å². The predicted octanol–water partition coefficient (Wildman–Crippen LogP) is 3.30. The monoisotopic (exact) mass is 296 g/mol. The number of nitrogens with one attached hydrogen (secondary N) is 1. The van der Waals surface area contributed by atoms with Gasteiger partial charge in [0.15, 0.2) is 0 Å². The van der Waals surface area contributed by atoms with Gasteiger partial charge in [-0.05, 0) is 57.4 Å². The Bertz CT molecular complexity index is 430. The number of anilines is 1. The first-order valence-corrected chi connectivity index (χ1v) is 7.31. The third kappa shape index (κ3) is 4.50. The van der Waals surface area contributed by atoms with Gasteiger partial charge in [-0.1, -0.05) is 12.1 Å². The number of amides is 1. The highest BCUT2D eigenvalue weighted by Gasteiger charge is 2.18. The maximum absolute atomic E-state index is 12.3. The summed E-state index contributed by atoms with van der Waals surface area (Å²) in [4.78, 5) is 14.2. The molecule has 1 aromatic rings. The zero-order valence-corrected chi connectivity index (χ0v) is 13.2. The Balaban J connectivity index is 0.00000200. The van der Waals surface area contributed by atoms with Gasteiger partial charge in [-0.15, -0.1) is 12.4 Å². The van der Waals surface area contributed by atoms with Crippen LogP contribution in [-0.2, 0) is 4.79 Å². The van der Waals surface area contributed by atoms with E-state index >= 15 is 0 Å². The van der Waals surface area contributed by atoms with Crippen molar-refractivity contribution in [3.8, 4) is 0 Å². The molecule has 1 aromatic carbocycles. The van der Waals surface area contributed by atoms with E-state index in [1.165, 1.54) is 18.4 Å². The zero-order valence-electron chi connectivity index (χ0n) is 12.4. The number of hydrogen-bond acceptors (Lipinski definition) is 2. The molecule has 0 saturated carbocycles. The largest absolute Gasteiger partial charge is 0.314 e. The molecule has 1 aliphatic heterocycles. The van der Waals surface area contributed by atoms with E-state index in [1.54, 1.807) is 0 Å². The molecule has 2 rings (SSSR count). The number of halogens is 1. The van der Waals surface area contributed by atoms with Crippen LogP contribution in [0.25, 0.3) is 0 Å². The molecule has 1 atom stereocenters. The summed E-state index contributed by atoms with van der Waals surface area (Å²) in [5.74, 6) is 0.238. The van der Waals surface area contributed by atoms with Gasteiger partial charge in [0, 0.05) is 24.7 Å². The third-order valence-electron chi connectivity index (χ3n) is 3.80. The first kappa shape index (κ1) is 17.0. The van der Waals surface area contributed by atoms with Gasteiger partial charge in [0.05, 0.1) is 0 Å². The summed E-state index contributed by atoms with van der Waals surface area (Å²) in [6.45, 7) is 5.94. The second kappa shape index (κ2) is 8.28. The average molecular weight is 297 g/mol. The normalized spacial score (nSPS) is 17.6. The Morgan fingerprint density at radius 1 is 1.45 bits per heavy atom. The molecule has 0 bridgehead atoms. The molecule has 1 unspecified atom stereocenters. The molecule has 1 saturated heterocycles. The molecule has 0 radical (unpaired) electrons. The summed E-state index contributed by atoms with van der Waals surface area (Å²) in [6.07, 6.45) is 4.05. The van der Waals surface area contributed by atoms with E-state index in [4.69, 9.17) is 0 Å². The fraction of sp³-hybridized carbons (Fsp3) is 0.562. The molecule has 1 fully saturated rings. The lowest BCUT2D eigenvalue weighted by atomic mass is 10.1. The van der Waals surface area contributed by atoms with Crippen LogP contribution in [0.2, 0.25) is 0 Å². The van der Waals surface area contributed by atoms with Gasteiger partial charge in [0.2, 0.25) is 5.91 Å². The fourth-order valence-corrected chi connectivity index (χ4v) is 2.73. The van der Waals surface area contributed by atoms with Crippen LogP contribution in [0.5, 0.6) is 0 Å². The van der Waals surface area contributed by atoms with E-state index in [1.807, 2.05) is 24.0 Å². The minimum atomic E-state index is 0. The van der Waals surface area contributed by atoms with Crippen LogP contribution in [0.3, 0.4) is 0 Å². The minimum Gasteiger partial charge on any atom is -0.314 e. The lowest BCUT2D eigenvalue weighted by Crippen LogP contribution is -2.32. The van der Waals surface area contributed by atoms with Crippen LogP contribution in [0.15, 0.2) is 24.3 Å². The summed E-state index contributed by atoms with van der Waals surface area (Å²) in [5.41, 5.74) is 2.22. The molecule has 0 aromatic heterocycles. The molecule has 20 heavy (non-hydrogen) atoms. The van der Waals surface area contributed by atoms with Crippen molar-refractivity contribution >= 4 is 24.0 Å². The van der Waals surface area contributed by atoms with Crippen LogP contribution in [0.4, 0.5) is 5.69 Å². The first-order valence-electron chi connectivity index (χ1n) is 7.31. The molecular formula is C16H25ClN2O. The predicted molar refractivity (Wildman–Crippen MR) is 86.7 cm³/mol. The van der Waals surface area contributed by atoms with Gasteiger partial charge in [0.1, 0.15) is 0 Å². The molecule has 0 spiro atoms. The van der Waals surface area contributed by atoms with Crippen molar-refractivity contribution in [3.05, 3.63) is 29.8 Å². The Hall–Kier alpha value is -1.06. The summed E-state index contributed by atoms with van der Waals surface area (Å²) in [5, 5.41) is 3.45. The van der Waals surface area contributed by atoms with E-state index < -0.39 is 0 Å². The van der Waals surface area contributed by atoms with E-state index in [-0.39, 0.29) is 18.3 Å². The Kier molecular flexibility index (Phi) is 7.03. The number of aryl methyl sites for hydroxylation is 1. The molecule has 1 aliphatic rings. The molecule has 1 N–H and O–H groups in total. The fourth-order valence-electron chi connectivity index (χ4n) is 2.73. The smallest absolute Gasteiger partial charge is 0.227 e. The summed E-state index contributed by atoms with van der Waals surface area (Å²) in [7, 11) is 0. The number of nitrogens with zero attached hydrogens (tertiary/aromatic N) is 1. The summed E-state index contributed by atoms with van der Waals surface area (Å²) >= 11 is 0. The molecule has 4 heteroatoms. The van der Waals surface area contributed by atoms with Crippen molar-refractivity contribution in [1.29, 1.82) is 0 Å². The van der Waals surface area contributed by atoms with Crippen LogP contribution >= 0.6 is 12.4 Å². The Morgan fingerprint density at radius 2 is 2.25 bits per heavy atom. The standard InChI is InChI=1S/C16H24N2O.ClH/c1-3-18(15-8-4-6-13(2)12-15)16(19)10-9-14-7-5-11-17-14;/h4,6,8,12,14,17H,3,5,7,9-11H2,1-2H3;1H. The molecule has 1 heterocycles. The third-order valence-corrected chi connectivity index (χ3v) is 3.80. The summed E-state index contributed by atoms with van der Waals surface area (Å²) < 4.78 is 0.